The van der Waals surface area contributed by atoms with Crippen LogP contribution in [-0.2, 0) is 29.4 Å². The molecule has 1 aromatic carbocycles. The molecule has 0 aliphatic heterocycles. The van der Waals surface area contributed by atoms with Crippen LogP contribution in [0.4, 0.5) is 5.00 Å². The lowest BCUT2D eigenvalue weighted by atomic mass is 10.1. The summed E-state index contributed by atoms with van der Waals surface area (Å²) in [6.45, 7) is 8.09. The Labute approximate surface area is 213 Å². The van der Waals surface area contributed by atoms with Gasteiger partial charge in [-0.3, -0.25) is 4.79 Å². The van der Waals surface area contributed by atoms with Gasteiger partial charge in [0.15, 0.2) is 17.1 Å². The quantitative estimate of drug-likeness (QED) is 0.316. The number of thioether (sulfide) groups is 1. The summed E-state index contributed by atoms with van der Waals surface area (Å²) < 4.78 is 13.2. The predicted molar refractivity (Wildman–Crippen MR) is 138 cm³/mol. The van der Waals surface area contributed by atoms with Crippen molar-refractivity contribution in [1.82, 2.24) is 14.8 Å². The molecule has 3 aromatic rings. The van der Waals surface area contributed by atoms with Crippen LogP contribution in [0.5, 0.6) is 5.75 Å². The van der Waals surface area contributed by atoms with E-state index in [4.69, 9.17) is 9.47 Å². The number of carbonyl (C=O) groups is 2. The molecule has 1 aliphatic rings. The second-order valence-corrected chi connectivity index (χ2v) is 10.5. The van der Waals surface area contributed by atoms with Gasteiger partial charge in [0.1, 0.15) is 10.8 Å². The molecule has 2 aromatic heterocycles. The highest BCUT2D eigenvalue weighted by atomic mass is 32.2. The van der Waals surface area contributed by atoms with Gasteiger partial charge in [-0.25, -0.2) is 4.79 Å². The van der Waals surface area contributed by atoms with E-state index in [-0.39, 0.29) is 23.7 Å². The van der Waals surface area contributed by atoms with E-state index in [1.807, 2.05) is 37.6 Å². The number of esters is 1. The van der Waals surface area contributed by atoms with Crippen LogP contribution < -0.4 is 10.1 Å². The van der Waals surface area contributed by atoms with E-state index in [9.17, 15) is 9.59 Å². The maximum absolute atomic E-state index is 12.7. The van der Waals surface area contributed by atoms with Gasteiger partial charge in [-0.05, 0) is 69.7 Å². The number of hydrogen-bond acceptors (Lipinski definition) is 8. The summed E-state index contributed by atoms with van der Waals surface area (Å²) >= 11 is 2.77. The summed E-state index contributed by atoms with van der Waals surface area (Å²) in [6.07, 6.45) is 2.49. The van der Waals surface area contributed by atoms with Crippen LogP contribution in [0.2, 0.25) is 0 Å². The average molecular weight is 515 g/mol. The SMILES string of the molecule is CCOC(=O)c1c(NC(=O)CSc2nnc(C(C)Oc3cccc(C)c3C)n2C)sc2c1CCC2. The van der Waals surface area contributed by atoms with E-state index >= 15 is 0 Å². The zero-order chi connectivity index (χ0) is 25.1. The highest BCUT2D eigenvalue weighted by Gasteiger charge is 2.28. The Kier molecular flexibility index (Phi) is 7.81. The van der Waals surface area contributed by atoms with Crippen LogP contribution >= 0.6 is 23.1 Å². The van der Waals surface area contributed by atoms with Crippen molar-refractivity contribution in [2.75, 3.05) is 17.7 Å². The van der Waals surface area contributed by atoms with Crippen LogP contribution in [0.25, 0.3) is 0 Å². The standard InChI is InChI=1S/C25H30N4O4S2/c1-6-32-24(31)21-17-10-8-12-19(17)35-23(21)26-20(30)13-34-25-28-27-22(29(25)5)16(4)33-18-11-7-9-14(2)15(18)3/h7,9,11,16H,6,8,10,12-13H2,1-5H3,(H,26,30). The minimum atomic E-state index is -0.370. The molecule has 186 valence electrons. The van der Waals surface area contributed by atoms with Gasteiger partial charge in [-0.1, -0.05) is 23.9 Å². The summed E-state index contributed by atoms with van der Waals surface area (Å²) in [7, 11) is 1.86. The highest BCUT2D eigenvalue weighted by molar-refractivity contribution is 7.99. The first kappa shape index (κ1) is 25.2. The van der Waals surface area contributed by atoms with E-state index < -0.39 is 0 Å². The molecule has 0 fully saturated rings. The number of amides is 1. The molecule has 1 aliphatic carbocycles. The van der Waals surface area contributed by atoms with Gasteiger partial charge in [-0.15, -0.1) is 21.5 Å². The molecule has 4 rings (SSSR count). The molecular weight excluding hydrogens is 484 g/mol. The highest BCUT2D eigenvalue weighted by Crippen LogP contribution is 2.39. The van der Waals surface area contributed by atoms with Gasteiger partial charge in [0.2, 0.25) is 5.91 Å². The Balaban J connectivity index is 1.40. The van der Waals surface area contributed by atoms with Crippen molar-refractivity contribution in [1.29, 1.82) is 0 Å². The van der Waals surface area contributed by atoms with E-state index in [0.29, 0.717) is 28.2 Å². The topological polar surface area (TPSA) is 95.3 Å². The molecule has 0 spiro atoms. The number of aromatic nitrogens is 3. The number of fused-ring (bicyclic) bond motifs is 1. The third kappa shape index (κ3) is 5.38. The minimum Gasteiger partial charge on any atom is -0.482 e. The smallest absolute Gasteiger partial charge is 0.341 e. The molecule has 2 heterocycles. The second kappa shape index (κ2) is 10.8. The fourth-order valence-corrected chi connectivity index (χ4v) is 6.12. The molecule has 8 nitrogen and oxygen atoms in total. The van der Waals surface area contributed by atoms with E-state index in [1.165, 1.54) is 23.1 Å². The molecular formula is C25H30N4O4S2. The van der Waals surface area contributed by atoms with Gasteiger partial charge >= 0.3 is 5.97 Å². The van der Waals surface area contributed by atoms with Gasteiger partial charge in [0.05, 0.1) is 17.9 Å². The normalized spacial score (nSPS) is 13.4. The summed E-state index contributed by atoms with van der Waals surface area (Å²) in [6, 6.07) is 5.96. The summed E-state index contributed by atoms with van der Waals surface area (Å²) in [4.78, 5) is 26.4. The molecule has 1 amide bonds. The monoisotopic (exact) mass is 514 g/mol. The Hall–Kier alpha value is -2.85. The second-order valence-electron chi connectivity index (χ2n) is 8.48. The average Bonchev–Trinajstić information content (AvgIpc) is 3.50. The molecule has 0 bridgehead atoms. The van der Waals surface area contributed by atoms with Gasteiger partial charge in [-0.2, -0.15) is 0 Å². The lowest BCUT2D eigenvalue weighted by molar-refractivity contribution is -0.113. The fourth-order valence-electron chi connectivity index (χ4n) is 4.11. The molecule has 0 saturated heterocycles. The maximum atomic E-state index is 12.7. The number of hydrogen-bond donors (Lipinski definition) is 1. The number of aryl methyl sites for hydroxylation is 2. The number of carbonyl (C=O) groups excluding carboxylic acids is 2. The van der Waals surface area contributed by atoms with Crippen LogP contribution in [0.1, 0.15) is 64.1 Å². The molecule has 1 N–H and O–H groups in total. The van der Waals surface area contributed by atoms with Crippen molar-refractivity contribution >= 4 is 40.0 Å². The van der Waals surface area contributed by atoms with Crippen molar-refractivity contribution in [3.63, 3.8) is 0 Å². The van der Waals surface area contributed by atoms with Crippen LogP contribution in [0, 0.1) is 13.8 Å². The van der Waals surface area contributed by atoms with Gasteiger partial charge < -0.3 is 19.4 Å². The number of nitrogens with one attached hydrogen (secondary N) is 1. The fraction of sp³-hybridized carbons (Fsp3) is 0.440. The summed E-state index contributed by atoms with van der Waals surface area (Å²) in [5.74, 6) is 1.06. The largest absolute Gasteiger partial charge is 0.482 e. The first-order chi connectivity index (χ1) is 16.8. The molecule has 1 atom stereocenters. The van der Waals surface area contributed by atoms with Crippen molar-refractivity contribution in [2.24, 2.45) is 7.05 Å². The minimum absolute atomic E-state index is 0.142. The Bertz CT molecular complexity index is 1250. The van der Waals surface area contributed by atoms with E-state index in [1.54, 1.807) is 6.92 Å². The van der Waals surface area contributed by atoms with Gasteiger partial charge in [0.25, 0.3) is 0 Å². The molecule has 1 unspecified atom stereocenters. The predicted octanol–water partition coefficient (Wildman–Crippen LogP) is 5.03. The maximum Gasteiger partial charge on any atom is 0.341 e. The van der Waals surface area contributed by atoms with E-state index in [0.717, 1.165) is 46.6 Å². The number of rotatable bonds is 9. The Morgan fingerprint density at radius 1 is 1.26 bits per heavy atom. The first-order valence-corrected chi connectivity index (χ1v) is 13.5. The molecule has 0 radical (unpaired) electrons. The Morgan fingerprint density at radius 3 is 2.83 bits per heavy atom. The number of ether oxygens (including phenoxy) is 2. The number of benzene rings is 1. The van der Waals surface area contributed by atoms with Crippen molar-refractivity contribution in [3.8, 4) is 5.75 Å². The number of thiophene rings is 1. The lowest BCUT2D eigenvalue weighted by Gasteiger charge is -2.16. The third-order valence-corrected chi connectivity index (χ3v) is 8.30. The molecule has 0 saturated carbocycles. The summed E-state index contributed by atoms with van der Waals surface area (Å²) in [5.41, 5.74) is 3.79. The lowest BCUT2D eigenvalue weighted by Crippen LogP contribution is -2.17. The number of nitrogens with zero attached hydrogens (tertiary/aromatic N) is 3. The summed E-state index contributed by atoms with van der Waals surface area (Å²) in [5, 5.41) is 12.7. The van der Waals surface area contributed by atoms with Crippen molar-refractivity contribution in [2.45, 2.75) is 58.2 Å². The zero-order valence-electron chi connectivity index (χ0n) is 20.6. The van der Waals surface area contributed by atoms with Crippen LogP contribution in [0.3, 0.4) is 0 Å². The zero-order valence-corrected chi connectivity index (χ0v) is 22.3. The molecule has 10 heteroatoms. The third-order valence-electron chi connectivity index (χ3n) is 6.08. The van der Waals surface area contributed by atoms with Crippen LogP contribution in [0.15, 0.2) is 23.4 Å². The van der Waals surface area contributed by atoms with Crippen molar-refractivity contribution < 1.29 is 19.1 Å². The first-order valence-electron chi connectivity index (χ1n) is 11.7. The van der Waals surface area contributed by atoms with Gasteiger partial charge in [0, 0.05) is 11.9 Å². The number of anilines is 1. The van der Waals surface area contributed by atoms with Crippen molar-refractivity contribution in [3.05, 3.63) is 51.2 Å². The Morgan fingerprint density at radius 2 is 2.06 bits per heavy atom. The molecule has 35 heavy (non-hydrogen) atoms. The van der Waals surface area contributed by atoms with E-state index in [2.05, 4.69) is 28.5 Å². The van der Waals surface area contributed by atoms with Crippen LogP contribution in [-0.4, -0.2) is 39.0 Å².